The molecule has 2 aliphatic heterocycles. The second-order valence-corrected chi connectivity index (χ2v) is 5.49. The van der Waals surface area contributed by atoms with E-state index in [1.54, 1.807) is 18.2 Å². The SMILES string of the molecule is CN1CCC(C(=O)N2CCC=N2)CC1=O.Fc1cccc(F)c1. The molecule has 2 amide bonds. The molecule has 7 heteroatoms. The summed E-state index contributed by atoms with van der Waals surface area (Å²) in [4.78, 5) is 25.0. The molecule has 1 aromatic carbocycles. The van der Waals surface area contributed by atoms with Crippen molar-refractivity contribution < 1.29 is 18.4 Å². The lowest BCUT2D eigenvalue weighted by molar-refractivity contribution is -0.144. The van der Waals surface area contributed by atoms with E-state index < -0.39 is 11.6 Å². The van der Waals surface area contributed by atoms with Crippen molar-refractivity contribution in [2.75, 3.05) is 20.1 Å². The predicted octanol–water partition coefficient (Wildman–Crippen LogP) is 2.04. The molecule has 1 aromatic rings. The number of halogens is 2. The Balaban J connectivity index is 0.000000203. The van der Waals surface area contributed by atoms with Crippen LogP contribution >= 0.6 is 0 Å². The van der Waals surface area contributed by atoms with E-state index in [1.165, 1.54) is 23.2 Å². The molecule has 0 spiro atoms. The molecule has 0 N–H and O–H groups in total. The van der Waals surface area contributed by atoms with Gasteiger partial charge in [0.1, 0.15) is 11.6 Å². The van der Waals surface area contributed by atoms with Gasteiger partial charge >= 0.3 is 0 Å². The van der Waals surface area contributed by atoms with E-state index in [9.17, 15) is 18.4 Å². The quantitative estimate of drug-likeness (QED) is 0.794. The summed E-state index contributed by atoms with van der Waals surface area (Å²) in [6.07, 6.45) is 3.66. The molecular weight excluding hydrogens is 304 g/mol. The van der Waals surface area contributed by atoms with Gasteiger partial charge < -0.3 is 4.90 Å². The van der Waals surface area contributed by atoms with E-state index in [0.717, 1.165) is 18.9 Å². The van der Waals surface area contributed by atoms with E-state index in [2.05, 4.69) is 5.10 Å². The van der Waals surface area contributed by atoms with Crippen LogP contribution in [0.3, 0.4) is 0 Å². The number of hydrazone groups is 1. The molecule has 124 valence electrons. The Bertz CT molecular complexity index is 589. The van der Waals surface area contributed by atoms with Gasteiger partial charge in [0.2, 0.25) is 11.8 Å². The largest absolute Gasteiger partial charge is 0.346 e. The van der Waals surface area contributed by atoms with Gasteiger partial charge in [0, 0.05) is 45.3 Å². The van der Waals surface area contributed by atoms with Crippen molar-refractivity contribution in [3.63, 3.8) is 0 Å². The third kappa shape index (κ3) is 4.84. The maximum atomic E-state index is 11.9. The third-order valence-corrected chi connectivity index (χ3v) is 3.74. The molecule has 1 unspecified atom stereocenters. The fourth-order valence-corrected chi connectivity index (χ4v) is 2.39. The van der Waals surface area contributed by atoms with Gasteiger partial charge in [-0.25, -0.2) is 13.8 Å². The fraction of sp³-hybridized carbons (Fsp3) is 0.438. The van der Waals surface area contributed by atoms with E-state index >= 15 is 0 Å². The van der Waals surface area contributed by atoms with Gasteiger partial charge in [-0.2, -0.15) is 5.10 Å². The summed E-state index contributed by atoms with van der Waals surface area (Å²) >= 11 is 0. The lowest BCUT2D eigenvalue weighted by Gasteiger charge is -2.29. The van der Waals surface area contributed by atoms with Crippen LogP contribution in [0.25, 0.3) is 0 Å². The van der Waals surface area contributed by atoms with Crippen LogP contribution in [-0.2, 0) is 9.59 Å². The van der Waals surface area contributed by atoms with Crippen LogP contribution in [0.15, 0.2) is 29.4 Å². The zero-order chi connectivity index (χ0) is 16.8. The van der Waals surface area contributed by atoms with Gasteiger partial charge in [-0.1, -0.05) is 6.07 Å². The molecule has 1 fully saturated rings. The topological polar surface area (TPSA) is 53.0 Å². The Morgan fingerprint density at radius 1 is 1.26 bits per heavy atom. The standard InChI is InChI=1S/C10H15N3O2.C6H4F2/c1-12-6-3-8(7-9(12)14)10(15)13-5-2-4-11-13;7-5-2-1-3-6(8)4-5/h4,8H,2-3,5-7H2,1H3;1-4H. The zero-order valence-corrected chi connectivity index (χ0v) is 12.9. The van der Waals surface area contributed by atoms with Crippen LogP contribution in [0.5, 0.6) is 0 Å². The molecule has 5 nitrogen and oxygen atoms in total. The van der Waals surface area contributed by atoms with Crippen molar-refractivity contribution >= 4 is 18.0 Å². The first-order valence-electron chi connectivity index (χ1n) is 7.46. The molecule has 1 saturated heterocycles. The summed E-state index contributed by atoms with van der Waals surface area (Å²) in [5.41, 5.74) is 0. The van der Waals surface area contributed by atoms with Gasteiger partial charge in [-0.3, -0.25) is 9.59 Å². The number of hydrogen-bond donors (Lipinski definition) is 0. The zero-order valence-electron chi connectivity index (χ0n) is 12.9. The van der Waals surface area contributed by atoms with E-state index in [1.807, 2.05) is 0 Å². The summed E-state index contributed by atoms with van der Waals surface area (Å²) in [5.74, 6) is -1.17. The van der Waals surface area contributed by atoms with Gasteiger partial charge in [0.15, 0.2) is 0 Å². The van der Waals surface area contributed by atoms with Crippen molar-refractivity contribution in [1.82, 2.24) is 9.91 Å². The van der Waals surface area contributed by atoms with Crippen molar-refractivity contribution in [2.45, 2.75) is 19.3 Å². The van der Waals surface area contributed by atoms with E-state index in [0.29, 0.717) is 19.5 Å². The highest BCUT2D eigenvalue weighted by Gasteiger charge is 2.32. The second kappa shape index (κ2) is 7.80. The number of hydrogen-bond acceptors (Lipinski definition) is 3. The molecule has 0 aliphatic carbocycles. The number of benzene rings is 1. The highest BCUT2D eigenvalue weighted by Crippen LogP contribution is 2.20. The highest BCUT2D eigenvalue weighted by atomic mass is 19.1. The first kappa shape index (κ1) is 17.1. The number of nitrogens with zero attached hydrogens (tertiary/aromatic N) is 3. The lowest BCUT2D eigenvalue weighted by atomic mass is 9.95. The normalized spacial score (nSPS) is 20.3. The highest BCUT2D eigenvalue weighted by molar-refractivity contribution is 5.87. The first-order chi connectivity index (χ1) is 11.0. The smallest absolute Gasteiger partial charge is 0.246 e. The molecule has 0 bridgehead atoms. The number of carbonyl (C=O) groups excluding carboxylic acids is 2. The third-order valence-electron chi connectivity index (χ3n) is 3.74. The number of piperidine rings is 1. The second-order valence-electron chi connectivity index (χ2n) is 5.49. The van der Waals surface area contributed by atoms with Crippen LogP contribution in [-0.4, -0.2) is 48.1 Å². The summed E-state index contributed by atoms with van der Waals surface area (Å²) < 4.78 is 23.9. The molecular formula is C16H19F2N3O2. The maximum absolute atomic E-state index is 11.9. The van der Waals surface area contributed by atoms with Crippen molar-refractivity contribution in [3.05, 3.63) is 35.9 Å². The fourth-order valence-electron chi connectivity index (χ4n) is 2.39. The van der Waals surface area contributed by atoms with Crippen LogP contribution in [0.1, 0.15) is 19.3 Å². The van der Waals surface area contributed by atoms with E-state index in [4.69, 9.17) is 0 Å². The number of amides is 2. The molecule has 23 heavy (non-hydrogen) atoms. The summed E-state index contributed by atoms with van der Waals surface area (Å²) in [6.45, 7) is 1.34. The summed E-state index contributed by atoms with van der Waals surface area (Å²) in [6, 6.07) is 4.55. The average Bonchev–Trinajstić information content (AvgIpc) is 3.04. The van der Waals surface area contributed by atoms with Crippen LogP contribution in [0, 0.1) is 17.6 Å². The Morgan fingerprint density at radius 2 is 1.96 bits per heavy atom. The minimum atomic E-state index is -0.537. The molecule has 3 rings (SSSR count). The summed E-state index contributed by atoms with van der Waals surface area (Å²) in [7, 11) is 1.77. The Hall–Kier alpha value is -2.31. The predicted molar refractivity (Wildman–Crippen MR) is 81.5 cm³/mol. The van der Waals surface area contributed by atoms with Crippen LogP contribution in [0.2, 0.25) is 0 Å². The maximum Gasteiger partial charge on any atom is 0.246 e. The summed E-state index contributed by atoms with van der Waals surface area (Å²) in [5, 5.41) is 5.48. The van der Waals surface area contributed by atoms with Gasteiger partial charge in [-0.05, 0) is 18.6 Å². The molecule has 2 aliphatic rings. The van der Waals surface area contributed by atoms with Crippen molar-refractivity contribution in [1.29, 1.82) is 0 Å². The lowest BCUT2D eigenvalue weighted by Crippen LogP contribution is -2.41. The number of carbonyl (C=O) groups is 2. The minimum absolute atomic E-state index is 0.00481. The average molecular weight is 323 g/mol. The Morgan fingerprint density at radius 3 is 2.43 bits per heavy atom. The molecule has 2 heterocycles. The number of likely N-dealkylation sites (tertiary alicyclic amines) is 1. The van der Waals surface area contributed by atoms with Crippen molar-refractivity contribution in [3.8, 4) is 0 Å². The van der Waals surface area contributed by atoms with Crippen LogP contribution in [0.4, 0.5) is 8.78 Å². The minimum Gasteiger partial charge on any atom is -0.346 e. The van der Waals surface area contributed by atoms with E-state index in [-0.39, 0.29) is 17.7 Å². The molecule has 0 radical (unpaired) electrons. The first-order valence-corrected chi connectivity index (χ1v) is 7.46. The van der Waals surface area contributed by atoms with Gasteiger partial charge in [0.25, 0.3) is 0 Å². The molecule has 0 saturated carbocycles. The van der Waals surface area contributed by atoms with Gasteiger partial charge in [0.05, 0.1) is 5.92 Å². The van der Waals surface area contributed by atoms with Crippen LogP contribution < -0.4 is 0 Å². The molecule has 1 atom stereocenters. The monoisotopic (exact) mass is 323 g/mol. The number of rotatable bonds is 1. The molecule has 0 aromatic heterocycles. The Labute approximate surface area is 133 Å². The van der Waals surface area contributed by atoms with Crippen molar-refractivity contribution in [2.24, 2.45) is 11.0 Å². The Kier molecular flexibility index (Phi) is 5.78. The van der Waals surface area contributed by atoms with Gasteiger partial charge in [-0.15, -0.1) is 0 Å².